The van der Waals surface area contributed by atoms with Crippen LogP contribution in [0.5, 0.6) is 0 Å². The van der Waals surface area contributed by atoms with Crippen LogP contribution in [-0.2, 0) is 13.9 Å². The Kier molecular flexibility index (Phi) is 10.2. The van der Waals surface area contributed by atoms with Gasteiger partial charge in [0.2, 0.25) is 0 Å². The van der Waals surface area contributed by atoms with E-state index in [0.29, 0.717) is 0 Å². The minimum absolute atomic E-state index is 0. The molecule has 0 rings (SSSR count). The van der Waals surface area contributed by atoms with Crippen LogP contribution in [0.3, 0.4) is 0 Å². The monoisotopic (exact) mass is 280 g/mol. The zero-order chi connectivity index (χ0) is 12.9. The van der Waals surface area contributed by atoms with E-state index in [1.165, 1.54) is 0 Å². The van der Waals surface area contributed by atoms with Gasteiger partial charge in [0.25, 0.3) is 0 Å². The second-order valence-electron chi connectivity index (χ2n) is 3.00. The Morgan fingerprint density at radius 3 is 2.12 bits per heavy atom. The Hall–Kier alpha value is 0.620. The molecule has 0 saturated carbocycles. The molecule has 4 atom stereocenters. The molecular weight excluding hydrogens is 268 g/mol. The second-order valence-corrected chi connectivity index (χ2v) is 4.16. The normalized spacial score (nSPS) is 18.7. The van der Waals surface area contributed by atoms with Crippen LogP contribution in [0.15, 0.2) is 0 Å². The van der Waals surface area contributed by atoms with Gasteiger partial charge in [-0.15, -0.1) is 0 Å². The number of carbonyl (C=O) groups excluding carboxylic acids is 1. The van der Waals surface area contributed by atoms with Crippen molar-refractivity contribution in [3.8, 4) is 0 Å². The smallest absolute Gasteiger partial charge is 0.790 e. The van der Waals surface area contributed by atoms with Crippen molar-refractivity contribution in [1.82, 2.24) is 0 Å². The molecule has 0 aliphatic carbocycles. The van der Waals surface area contributed by atoms with Crippen LogP contribution < -0.4 is 45.1 Å². The van der Waals surface area contributed by atoms with Gasteiger partial charge in [-0.1, -0.05) is 0 Å². The van der Waals surface area contributed by atoms with E-state index in [2.05, 4.69) is 4.52 Å². The van der Waals surface area contributed by atoms with Gasteiger partial charge in [-0.3, -0.25) is 0 Å². The third kappa shape index (κ3) is 8.36. The molecule has 5 N–H and O–H groups in total. The van der Waals surface area contributed by atoms with Crippen LogP contribution in [0, 0.1) is 0 Å². The molecule has 0 aliphatic heterocycles. The van der Waals surface area contributed by atoms with Crippen LogP contribution in [0.25, 0.3) is 0 Å². The SMILES string of the molecule is N[C@@H](C=O)[C@@H](O)[C@H](O)[C@H](O)COP(=O)([O-])[O-].[Na+]. The quantitative estimate of drug-likeness (QED) is 0.200. The van der Waals surface area contributed by atoms with Gasteiger partial charge in [-0.05, 0) is 0 Å². The van der Waals surface area contributed by atoms with Crippen molar-refractivity contribution in [2.24, 2.45) is 5.73 Å². The van der Waals surface area contributed by atoms with Crippen molar-refractivity contribution in [3.63, 3.8) is 0 Å². The van der Waals surface area contributed by atoms with E-state index < -0.39 is 38.8 Å². The largest absolute Gasteiger partial charge is 1.00 e. The predicted octanol–water partition coefficient (Wildman–Crippen LogP) is -7.56. The molecule has 0 radical (unpaired) electrons. The zero-order valence-corrected chi connectivity index (χ0v) is 11.9. The number of carbonyl (C=O) groups is 1. The topological polar surface area (TPSA) is 176 Å². The Bertz CT molecular complexity index is 273. The number of phosphoric ester groups is 1. The summed E-state index contributed by atoms with van der Waals surface area (Å²) in [5.74, 6) is 0. The van der Waals surface area contributed by atoms with Crippen molar-refractivity contribution in [2.75, 3.05) is 6.61 Å². The van der Waals surface area contributed by atoms with Crippen LogP contribution in [0.1, 0.15) is 0 Å². The first-order valence-electron chi connectivity index (χ1n) is 4.10. The van der Waals surface area contributed by atoms with Crippen molar-refractivity contribution in [1.29, 1.82) is 0 Å². The third-order valence-electron chi connectivity index (χ3n) is 1.70. The number of rotatable bonds is 7. The van der Waals surface area contributed by atoms with Crippen LogP contribution in [0.2, 0.25) is 0 Å². The maximum Gasteiger partial charge on any atom is 1.00 e. The number of nitrogens with two attached hydrogens (primary N) is 1. The van der Waals surface area contributed by atoms with Crippen LogP contribution >= 0.6 is 7.82 Å². The first-order valence-corrected chi connectivity index (χ1v) is 5.56. The molecule has 0 aliphatic rings. The summed E-state index contributed by atoms with van der Waals surface area (Å²) in [4.78, 5) is 30.2. The molecule has 0 aromatic rings. The van der Waals surface area contributed by atoms with Crippen LogP contribution in [-0.4, -0.2) is 52.6 Å². The molecule has 0 heterocycles. The maximum absolute atomic E-state index is 10.1. The second kappa shape index (κ2) is 8.68. The van der Waals surface area contributed by atoms with E-state index in [9.17, 15) is 24.3 Å². The van der Waals surface area contributed by atoms with Gasteiger partial charge in [-0.25, -0.2) is 0 Å². The average molecular weight is 280 g/mol. The van der Waals surface area contributed by atoms with Gasteiger partial charge >= 0.3 is 29.6 Å². The first-order chi connectivity index (χ1) is 7.19. The van der Waals surface area contributed by atoms with Crippen LogP contribution in [0.4, 0.5) is 0 Å². The fraction of sp³-hybridized carbons (Fsp3) is 0.833. The molecule has 96 valence electrons. The van der Waals surface area contributed by atoms with Crippen molar-refractivity contribution >= 4 is 14.1 Å². The van der Waals surface area contributed by atoms with Crippen molar-refractivity contribution < 1.29 is 68.5 Å². The minimum Gasteiger partial charge on any atom is -0.790 e. The van der Waals surface area contributed by atoms with E-state index in [1.54, 1.807) is 0 Å². The Morgan fingerprint density at radius 1 is 1.29 bits per heavy atom. The van der Waals surface area contributed by atoms with Crippen molar-refractivity contribution in [2.45, 2.75) is 24.4 Å². The minimum atomic E-state index is -5.27. The summed E-state index contributed by atoms with van der Waals surface area (Å²) in [6.45, 7) is -1.03. The molecule has 0 fully saturated rings. The number of hydrogen-bond acceptors (Lipinski definition) is 9. The summed E-state index contributed by atoms with van der Waals surface area (Å²) in [5, 5.41) is 27.4. The van der Waals surface area contributed by atoms with Crippen molar-refractivity contribution in [3.05, 3.63) is 0 Å². The summed E-state index contributed by atoms with van der Waals surface area (Å²) >= 11 is 0. The van der Waals surface area contributed by atoms with Gasteiger partial charge in [0.1, 0.15) is 24.6 Å². The molecular formula is C6H12NNaO8P-. The molecule has 0 saturated heterocycles. The summed E-state index contributed by atoms with van der Waals surface area (Å²) in [6, 6.07) is -1.45. The molecule has 0 unspecified atom stereocenters. The maximum atomic E-state index is 10.1. The summed E-state index contributed by atoms with van der Waals surface area (Å²) in [6.07, 6.45) is -5.44. The third-order valence-corrected chi connectivity index (χ3v) is 2.16. The molecule has 17 heavy (non-hydrogen) atoms. The van der Waals surface area contributed by atoms with Gasteiger partial charge in [0, 0.05) is 0 Å². The zero-order valence-electron chi connectivity index (χ0n) is 9.00. The summed E-state index contributed by atoms with van der Waals surface area (Å²) < 4.78 is 13.7. The number of aldehydes is 1. The number of phosphoric acid groups is 1. The molecule has 0 aromatic carbocycles. The fourth-order valence-corrected chi connectivity index (χ4v) is 1.14. The van der Waals surface area contributed by atoms with E-state index in [-0.39, 0.29) is 35.8 Å². The average Bonchev–Trinajstić information content (AvgIpc) is 2.21. The Labute approximate surface area is 119 Å². The molecule has 0 bridgehead atoms. The standard InChI is InChI=1S/C6H14NO8P.Na/c7-3(1-8)5(10)6(11)4(9)2-15-16(12,13)14;/h1,3-6,9-11H,2,7H2,(H2,12,13,14);/q;+1/p-2/t3-,4+,5+,6+;/m0./s1. The van der Waals surface area contributed by atoms with E-state index in [0.717, 1.165) is 0 Å². The number of aliphatic hydroxyl groups is 3. The van der Waals surface area contributed by atoms with Gasteiger partial charge in [0.15, 0.2) is 0 Å². The molecule has 9 nitrogen and oxygen atoms in total. The fourth-order valence-electron chi connectivity index (χ4n) is 0.802. The molecule has 11 heteroatoms. The number of hydrogen-bond donors (Lipinski definition) is 4. The summed E-state index contributed by atoms with van der Waals surface area (Å²) in [5.41, 5.74) is 5.03. The number of aliphatic hydroxyl groups excluding tert-OH is 3. The van der Waals surface area contributed by atoms with E-state index in [1.807, 2.05) is 0 Å². The van der Waals surface area contributed by atoms with E-state index in [4.69, 9.17) is 15.9 Å². The van der Waals surface area contributed by atoms with Gasteiger partial charge < -0.3 is 44.7 Å². The molecule has 0 aromatic heterocycles. The first kappa shape index (κ1) is 19.9. The molecule has 0 spiro atoms. The molecule has 0 amide bonds. The summed E-state index contributed by atoms with van der Waals surface area (Å²) in [7, 11) is -5.27. The predicted molar refractivity (Wildman–Crippen MR) is 45.6 cm³/mol. The Balaban J connectivity index is 0. The van der Waals surface area contributed by atoms with Gasteiger partial charge in [0.05, 0.1) is 20.5 Å². The Morgan fingerprint density at radius 2 is 1.76 bits per heavy atom. The van der Waals surface area contributed by atoms with Gasteiger partial charge in [-0.2, -0.15) is 0 Å². The van der Waals surface area contributed by atoms with E-state index >= 15 is 0 Å².